The summed E-state index contributed by atoms with van der Waals surface area (Å²) in [7, 11) is 0. The first-order chi connectivity index (χ1) is 17.0. The van der Waals surface area contributed by atoms with Gasteiger partial charge in [-0.3, -0.25) is 4.98 Å². The highest BCUT2D eigenvalue weighted by Crippen LogP contribution is 2.69. The van der Waals surface area contributed by atoms with E-state index in [2.05, 4.69) is 34.0 Å². The molecule has 3 aromatic heterocycles. The quantitative estimate of drug-likeness (QED) is 0.373. The average Bonchev–Trinajstić information content (AvgIpc) is 3.48. The van der Waals surface area contributed by atoms with Crippen LogP contribution in [0.4, 0.5) is 4.39 Å². The summed E-state index contributed by atoms with van der Waals surface area (Å²) in [6, 6.07) is 6.54. The molecule has 6 rings (SSSR count). The molecule has 1 fully saturated rings. The molecule has 9 heteroatoms. The Balaban J connectivity index is 1.48. The molecule has 1 aromatic carbocycles. The zero-order chi connectivity index (χ0) is 25.5. The average molecular weight is 506 g/mol. The van der Waals surface area contributed by atoms with Crippen molar-refractivity contribution >= 4 is 11.6 Å². The predicted octanol–water partition coefficient (Wildman–Crippen LogP) is 5.81. The Morgan fingerprint density at radius 2 is 1.94 bits per heavy atom. The van der Waals surface area contributed by atoms with E-state index in [1.54, 1.807) is 38.4 Å². The summed E-state index contributed by atoms with van der Waals surface area (Å²) < 4.78 is 20.3. The summed E-state index contributed by atoms with van der Waals surface area (Å²) in [6.07, 6.45) is 6.58. The number of nitrogens with zero attached hydrogens (tertiary/aromatic N) is 5. The number of aliphatic hydroxyl groups is 1. The van der Waals surface area contributed by atoms with Crippen LogP contribution in [0, 0.1) is 11.2 Å². The Labute approximate surface area is 212 Å². The van der Waals surface area contributed by atoms with Crippen molar-refractivity contribution in [1.82, 2.24) is 25.1 Å². The van der Waals surface area contributed by atoms with Gasteiger partial charge in [-0.05, 0) is 61.8 Å². The Kier molecular flexibility index (Phi) is 4.92. The van der Waals surface area contributed by atoms with Crippen LogP contribution >= 0.6 is 11.6 Å². The van der Waals surface area contributed by atoms with E-state index in [-0.39, 0.29) is 16.9 Å². The highest BCUT2D eigenvalue weighted by atomic mass is 35.5. The van der Waals surface area contributed by atoms with Crippen LogP contribution in [-0.4, -0.2) is 30.3 Å². The highest BCUT2D eigenvalue weighted by Gasteiger charge is 2.65. The van der Waals surface area contributed by atoms with E-state index in [9.17, 15) is 9.50 Å². The van der Waals surface area contributed by atoms with Crippen LogP contribution in [0.1, 0.15) is 69.1 Å². The second-order valence-electron chi connectivity index (χ2n) is 10.7. The third-order valence-corrected chi connectivity index (χ3v) is 8.34. The molecule has 36 heavy (non-hydrogen) atoms. The molecule has 7 nitrogen and oxygen atoms in total. The van der Waals surface area contributed by atoms with Gasteiger partial charge in [0.25, 0.3) is 0 Å². The van der Waals surface area contributed by atoms with E-state index in [4.69, 9.17) is 21.0 Å². The lowest BCUT2D eigenvalue weighted by atomic mass is 9.66. The third kappa shape index (κ3) is 3.10. The van der Waals surface area contributed by atoms with Crippen molar-refractivity contribution in [3.8, 4) is 22.8 Å². The number of benzene rings is 1. The van der Waals surface area contributed by atoms with Crippen molar-refractivity contribution in [2.75, 3.05) is 0 Å². The fourth-order valence-electron chi connectivity index (χ4n) is 6.10. The molecule has 1 N–H and O–H groups in total. The molecule has 0 saturated heterocycles. The number of halogens is 2. The molecule has 2 bridgehead atoms. The molecule has 0 aliphatic heterocycles. The maximum atomic E-state index is 14.6. The Bertz CT molecular complexity index is 1490. The molecule has 2 aliphatic carbocycles. The molecule has 2 aliphatic rings. The van der Waals surface area contributed by atoms with Crippen molar-refractivity contribution in [2.24, 2.45) is 5.41 Å². The van der Waals surface area contributed by atoms with Crippen LogP contribution in [0.25, 0.3) is 22.8 Å². The number of hydrogen-bond acceptors (Lipinski definition) is 7. The van der Waals surface area contributed by atoms with E-state index < -0.39 is 16.8 Å². The fourth-order valence-corrected chi connectivity index (χ4v) is 6.36. The first kappa shape index (κ1) is 23.2. The van der Waals surface area contributed by atoms with Crippen LogP contribution in [0.5, 0.6) is 0 Å². The number of fused-ring (bicyclic) bond motifs is 5. The molecule has 0 unspecified atom stereocenters. The second kappa shape index (κ2) is 7.63. The van der Waals surface area contributed by atoms with Gasteiger partial charge >= 0.3 is 0 Å². The van der Waals surface area contributed by atoms with Gasteiger partial charge in [-0.2, -0.15) is 10.2 Å². The van der Waals surface area contributed by atoms with Gasteiger partial charge < -0.3 is 9.52 Å². The van der Waals surface area contributed by atoms with E-state index >= 15 is 0 Å². The van der Waals surface area contributed by atoms with Gasteiger partial charge in [0.15, 0.2) is 0 Å². The normalized spacial score (nSPS) is 22.1. The minimum atomic E-state index is -1.13. The van der Waals surface area contributed by atoms with E-state index in [1.165, 1.54) is 12.3 Å². The van der Waals surface area contributed by atoms with Crippen LogP contribution < -0.4 is 0 Å². The smallest absolute Gasteiger partial charge is 0.247 e. The lowest BCUT2D eigenvalue weighted by molar-refractivity contribution is 0.0738. The maximum absolute atomic E-state index is 14.6. The summed E-state index contributed by atoms with van der Waals surface area (Å²) >= 11 is 6.32. The van der Waals surface area contributed by atoms with E-state index in [0.717, 1.165) is 29.8 Å². The molecule has 0 radical (unpaired) electrons. The van der Waals surface area contributed by atoms with Crippen LogP contribution in [0.3, 0.4) is 0 Å². The van der Waals surface area contributed by atoms with E-state index in [1.807, 2.05) is 6.07 Å². The van der Waals surface area contributed by atoms with Gasteiger partial charge in [0.2, 0.25) is 5.89 Å². The molecule has 2 atom stereocenters. The van der Waals surface area contributed by atoms with Crippen molar-refractivity contribution in [2.45, 2.75) is 57.5 Å². The monoisotopic (exact) mass is 505 g/mol. The summed E-state index contributed by atoms with van der Waals surface area (Å²) in [4.78, 5) is 13.8. The fraction of sp³-hybridized carbons (Fsp3) is 0.370. The van der Waals surface area contributed by atoms with Gasteiger partial charge in [-0.15, -0.1) is 0 Å². The summed E-state index contributed by atoms with van der Waals surface area (Å²) in [5.41, 5.74) is 2.35. The number of oxazole rings is 1. The topological polar surface area (TPSA) is 97.8 Å². The number of aromatic nitrogens is 5. The summed E-state index contributed by atoms with van der Waals surface area (Å²) in [6.45, 7) is 7.73. The van der Waals surface area contributed by atoms with Crippen molar-refractivity contribution < 1.29 is 13.9 Å². The van der Waals surface area contributed by atoms with Crippen molar-refractivity contribution in [3.05, 3.63) is 76.4 Å². The zero-order valence-electron chi connectivity index (χ0n) is 20.4. The first-order valence-corrected chi connectivity index (χ1v) is 12.3. The largest absolute Gasteiger partial charge is 0.443 e. The van der Waals surface area contributed by atoms with Gasteiger partial charge in [-0.25, -0.2) is 14.4 Å². The molecule has 3 heterocycles. The van der Waals surface area contributed by atoms with Crippen molar-refractivity contribution in [3.63, 3.8) is 0 Å². The van der Waals surface area contributed by atoms with Gasteiger partial charge in [0.05, 0.1) is 39.3 Å². The summed E-state index contributed by atoms with van der Waals surface area (Å²) in [5, 5.41) is 19.7. The maximum Gasteiger partial charge on any atom is 0.247 e. The zero-order valence-corrected chi connectivity index (χ0v) is 21.1. The number of rotatable bonds is 4. The highest BCUT2D eigenvalue weighted by molar-refractivity contribution is 6.33. The first-order valence-electron chi connectivity index (χ1n) is 11.9. The molecule has 1 saturated carbocycles. The van der Waals surface area contributed by atoms with Gasteiger partial charge in [0.1, 0.15) is 29.1 Å². The molecular weight excluding hydrogens is 481 g/mol. The van der Waals surface area contributed by atoms with Crippen LogP contribution in [-0.2, 0) is 11.0 Å². The molecule has 0 amide bonds. The Morgan fingerprint density at radius 1 is 1.14 bits per heavy atom. The third-order valence-electron chi connectivity index (χ3n) is 8.02. The molecular formula is C27H25ClFN5O2. The van der Waals surface area contributed by atoms with Gasteiger partial charge in [-0.1, -0.05) is 31.5 Å². The van der Waals surface area contributed by atoms with Crippen molar-refractivity contribution in [1.29, 1.82) is 0 Å². The van der Waals surface area contributed by atoms with Crippen LogP contribution in [0.2, 0.25) is 5.02 Å². The van der Waals surface area contributed by atoms with Crippen LogP contribution in [0.15, 0.2) is 47.3 Å². The predicted molar refractivity (Wildman–Crippen MR) is 132 cm³/mol. The summed E-state index contributed by atoms with van der Waals surface area (Å²) in [5.74, 6) is 0.0594. The molecule has 4 aromatic rings. The van der Waals surface area contributed by atoms with Gasteiger partial charge in [0, 0.05) is 6.20 Å². The lowest BCUT2D eigenvalue weighted by Crippen LogP contribution is -2.38. The minimum absolute atomic E-state index is 0.196. The standard InChI is InChI=1S/C27H25ClFN5O2/c1-25(2)15-8-9-27(25,20-12-30-11-19(31-20)24-32-21(13-36-24)26(3,4)35)23-14(15)10-18(33-34-23)22-16(28)6-5-7-17(22)29/h5-7,10-13,15,35H,8-9H2,1-4H3/t15-,27-/m0/s1. The number of hydrogen-bond donors (Lipinski definition) is 1. The minimum Gasteiger partial charge on any atom is -0.443 e. The SMILES string of the molecule is CC(C)(O)c1coc(-c2cncc([C@@]34CC[C@@H](c5cc(-c6c(F)cccc6Cl)nnc53)C4(C)C)n2)n1. The van der Waals surface area contributed by atoms with E-state index in [0.29, 0.717) is 28.0 Å². The lowest BCUT2D eigenvalue weighted by Gasteiger charge is -2.37. The molecule has 184 valence electrons. The Morgan fingerprint density at radius 3 is 2.67 bits per heavy atom. The second-order valence-corrected chi connectivity index (χ2v) is 11.1. The Hall–Kier alpha value is -3.23. The molecule has 0 spiro atoms.